The summed E-state index contributed by atoms with van der Waals surface area (Å²) >= 11 is 10.5. The number of hydrogen-bond donors (Lipinski definition) is 1. The van der Waals surface area contributed by atoms with Crippen molar-refractivity contribution in [2.75, 3.05) is 31.1 Å². The second kappa shape index (κ2) is 14.8. The lowest BCUT2D eigenvalue weighted by Crippen LogP contribution is -2.57. The maximum absolute atomic E-state index is 14.9. The number of benzene rings is 2. The van der Waals surface area contributed by atoms with Gasteiger partial charge in [0.15, 0.2) is 0 Å². The van der Waals surface area contributed by atoms with Gasteiger partial charge in [-0.3, -0.25) is 14.4 Å². The molecule has 10 heteroatoms. The van der Waals surface area contributed by atoms with E-state index in [1.165, 1.54) is 0 Å². The number of likely N-dealkylation sites (tertiary alicyclic amines) is 1. The van der Waals surface area contributed by atoms with Crippen molar-refractivity contribution in [2.24, 2.45) is 11.8 Å². The monoisotopic (exact) mass is 711 g/mol. The van der Waals surface area contributed by atoms with Crippen LogP contribution in [0.25, 0.3) is 0 Å². The summed E-state index contributed by atoms with van der Waals surface area (Å²) in [5, 5.41) is 9.69. The highest BCUT2D eigenvalue weighted by molar-refractivity contribution is 9.09. The molecule has 0 aliphatic carbocycles. The van der Waals surface area contributed by atoms with E-state index in [9.17, 15) is 19.5 Å². The van der Waals surface area contributed by atoms with Crippen LogP contribution >= 0.6 is 27.5 Å². The lowest BCUT2D eigenvalue weighted by atomic mass is 9.70. The lowest BCUT2D eigenvalue weighted by Gasteiger charge is -2.38. The highest BCUT2D eigenvalue weighted by Gasteiger charge is 2.76. The van der Waals surface area contributed by atoms with Crippen LogP contribution in [0.3, 0.4) is 0 Å². The van der Waals surface area contributed by atoms with E-state index in [0.717, 1.165) is 24.0 Å². The number of hydrogen-bond acceptors (Lipinski definition) is 5. The van der Waals surface area contributed by atoms with Crippen molar-refractivity contribution in [3.05, 3.63) is 90.0 Å². The number of carbonyl (C=O) groups is 3. The van der Waals surface area contributed by atoms with Crippen LogP contribution in [-0.4, -0.2) is 81.4 Å². The normalized spacial score (nSPS) is 26.2. The van der Waals surface area contributed by atoms with E-state index in [-0.39, 0.29) is 35.7 Å². The summed E-state index contributed by atoms with van der Waals surface area (Å²) in [5.74, 6) is -2.29. The SMILES string of the molecule is C=CCN(Cc1ccccc1)C(=O)[C@H]1[C@@H]2OC3(CC2Br)C(C(=O)N(CC=C)c2c(C)cccc2Cl)N(CCCCCCO)C(=O)[C@H]13. The zero-order valence-corrected chi connectivity index (χ0v) is 28.7. The number of aliphatic hydroxyl groups excluding tert-OH is 1. The van der Waals surface area contributed by atoms with Crippen molar-refractivity contribution in [1.29, 1.82) is 0 Å². The molecular formula is C36H43BrClN3O5. The third-order valence-corrected chi connectivity index (χ3v) is 10.7. The zero-order chi connectivity index (χ0) is 33.0. The van der Waals surface area contributed by atoms with Gasteiger partial charge >= 0.3 is 0 Å². The van der Waals surface area contributed by atoms with E-state index >= 15 is 0 Å². The van der Waals surface area contributed by atoms with Gasteiger partial charge in [-0.25, -0.2) is 0 Å². The molecule has 8 nitrogen and oxygen atoms in total. The Morgan fingerprint density at radius 1 is 1.07 bits per heavy atom. The molecule has 2 bridgehead atoms. The van der Waals surface area contributed by atoms with E-state index in [0.29, 0.717) is 49.6 Å². The van der Waals surface area contributed by atoms with Gasteiger partial charge in [0.1, 0.15) is 11.6 Å². The van der Waals surface area contributed by atoms with Gasteiger partial charge in [-0.2, -0.15) is 0 Å². The molecule has 1 N–H and O–H groups in total. The molecule has 0 saturated carbocycles. The fraction of sp³-hybridized carbons (Fsp3) is 0.472. The first-order valence-electron chi connectivity index (χ1n) is 16.0. The first-order valence-corrected chi connectivity index (χ1v) is 17.3. The highest BCUT2D eigenvalue weighted by Crippen LogP contribution is 2.60. The molecule has 3 aliphatic heterocycles. The first kappa shape index (κ1) is 34.4. The van der Waals surface area contributed by atoms with Crippen molar-refractivity contribution >= 4 is 50.9 Å². The smallest absolute Gasteiger partial charge is 0.253 e. The standard InChI is InChI=1S/C36H43BrClN3O5/c1-4-18-39(23-25-15-9-8-10-16-25)33(43)28-29-34(44)41(20-11-6-7-12-21-42)32(36(29)22-26(37)31(28)46-36)35(45)40(19-5-2)30-24(3)14-13-17-27(30)38/h4-5,8-10,13-17,26,28-29,31-32,42H,1-2,6-7,11-12,18-23H2,3H3/t26?,28-,29+,31-,32?,36?/m1/s1. The first-order chi connectivity index (χ1) is 22.2. The number of ether oxygens (including phenoxy) is 1. The molecule has 46 heavy (non-hydrogen) atoms. The Hall–Kier alpha value is -2.98. The topological polar surface area (TPSA) is 90.4 Å². The van der Waals surface area contributed by atoms with Crippen molar-refractivity contribution in [2.45, 2.75) is 68.1 Å². The largest absolute Gasteiger partial charge is 0.396 e. The molecule has 2 aromatic rings. The molecule has 3 aliphatic rings. The van der Waals surface area contributed by atoms with Crippen LogP contribution in [-0.2, 0) is 25.7 Å². The second-order valence-corrected chi connectivity index (χ2v) is 14.1. The number of halogens is 2. The third-order valence-electron chi connectivity index (χ3n) is 9.53. The molecule has 1 spiro atoms. The summed E-state index contributed by atoms with van der Waals surface area (Å²) in [7, 11) is 0. The Bertz CT molecular complexity index is 1440. The Morgan fingerprint density at radius 2 is 1.78 bits per heavy atom. The number of rotatable bonds is 15. The fourth-order valence-electron chi connectivity index (χ4n) is 7.62. The second-order valence-electron chi connectivity index (χ2n) is 12.5. The summed E-state index contributed by atoms with van der Waals surface area (Å²) in [6, 6.07) is 14.2. The van der Waals surface area contributed by atoms with Gasteiger partial charge in [-0.1, -0.05) is 95.0 Å². The number of aryl methyl sites for hydroxylation is 1. The molecule has 5 rings (SSSR count). The molecule has 3 saturated heterocycles. The van der Waals surface area contributed by atoms with Gasteiger partial charge < -0.3 is 24.5 Å². The van der Waals surface area contributed by atoms with E-state index < -0.39 is 29.6 Å². The molecule has 0 aromatic heterocycles. The lowest BCUT2D eigenvalue weighted by molar-refractivity contribution is -0.145. The Labute approximate surface area is 285 Å². The number of fused-ring (bicyclic) bond motifs is 1. The minimum atomic E-state index is -1.19. The molecule has 3 amide bonds. The van der Waals surface area contributed by atoms with E-state index in [1.54, 1.807) is 32.9 Å². The number of nitrogens with zero attached hydrogens (tertiary/aromatic N) is 3. The van der Waals surface area contributed by atoms with Crippen molar-refractivity contribution < 1.29 is 24.2 Å². The number of alkyl halides is 1. The average molecular weight is 713 g/mol. The number of unbranched alkanes of at least 4 members (excludes halogenated alkanes) is 3. The molecule has 246 valence electrons. The summed E-state index contributed by atoms with van der Waals surface area (Å²) in [4.78, 5) is 48.8. The van der Waals surface area contributed by atoms with Crippen LogP contribution in [0.4, 0.5) is 5.69 Å². The molecule has 3 fully saturated rings. The fourth-order valence-corrected chi connectivity index (χ4v) is 8.88. The highest BCUT2D eigenvalue weighted by atomic mass is 79.9. The summed E-state index contributed by atoms with van der Waals surface area (Å²) in [6.45, 7) is 11.0. The van der Waals surface area contributed by atoms with Gasteiger partial charge in [-0.15, -0.1) is 13.2 Å². The molecule has 3 unspecified atom stereocenters. The van der Waals surface area contributed by atoms with Crippen LogP contribution in [0, 0.1) is 18.8 Å². The minimum absolute atomic E-state index is 0.110. The third kappa shape index (κ3) is 6.31. The predicted octanol–water partition coefficient (Wildman–Crippen LogP) is 5.68. The predicted molar refractivity (Wildman–Crippen MR) is 184 cm³/mol. The Balaban J connectivity index is 1.55. The Kier molecular flexibility index (Phi) is 11.1. The van der Waals surface area contributed by atoms with Gasteiger partial charge in [-0.05, 0) is 43.4 Å². The molecule has 3 heterocycles. The zero-order valence-electron chi connectivity index (χ0n) is 26.3. The van der Waals surface area contributed by atoms with Gasteiger partial charge in [0.2, 0.25) is 11.8 Å². The van der Waals surface area contributed by atoms with E-state index in [1.807, 2.05) is 49.4 Å². The average Bonchev–Trinajstić information content (AvgIpc) is 3.63. The van der Waals surface area contributed by atoms with Crippen LogP contribution in [0.5, 0.6) is 0 Å². The van der Waals surface area contributed by atoms with Crippen molar-refractivity contribution in [3.8, 4) is 0 Å². The summed E-state index contributed by atoms with van der Waals surface area (Å²) < 4.78 is 6.79. The van der Waals surface area contributed by atoms with Crippen LogP contribution in [0.15, 0.2) is 73.8 Å². The minimum Gasteiger partial charge on any atom is -0.396 e. The number of para-hydroxylation sites is 1. The number of carbonyl (C=O) groups excluding carboxylic acids is 3. The van der Waals surface area contributed by atoms with Crippen LogP contribution in [0.1, 0.15) is 43.2 Å². The van der Waals surface area contributed by atoms with Gasteiger partial charge in [0.05, 0.1) is 28.6 Å². The van der Waals surface area contributed by atoms with E-state index in [2.05, 4.69) is 29.1 Å². The maximum Gasteiger partial charge on any atom is 0.253 e. The van der Waals surface area contributed by atoms with Crippen LogP contribution < -0.4 is 4.90 Å². The number of anilines is 1. The number of amides is 3. The summed E-state index contributed by atoms with van der Waals surface area (Å²) in [5.41, 5.74) is 1.16. The van der Waals surface area contributed by atoms with Crippen molar-refractivity contribution in [3.63, 3.8) is 0 Å². The summed E-state index contributed by atoms with van der Waals surface area (Å²) in [6.07, 6.45) is 6.12. The maximum atomic E-state index is 14.9. The van der Waals surface area contributed by atoms with Gasteiger partial charge in [0.25, 0.3) is 5.91 Å². The molecule has 0 radical (unpaired) electrons. The van der Waals surface area contributed by atoms with Crippen LogP contribution in [0.2, 0.25) is 5.02 Å². The molecule has 6 atom stereocenters. The molecular weight excluding hydrogens is 670 g/mol. The quantitative estimate of drug-likeness (QED) is 0.146. The van der Waals surface area contributed by atoms with E-state index in [4.69, 9.17) is 16.3 Å². The molecule has 2 aromatic carbocycles. The number of aliphatic hydroxyl groups is 1. The van der Waals surface area contributed by atoms with Crippen molar-refractivity contribution in [1.82, 2.24) is 9.80 Å². The van der Waals surface area contributed by atoms with Gasteiger partial charge in [0, 0.05) is 37.6 Å². The Morgan fingerprint density at radius 3 is 2.46 bits per heavy atom.